The lowest BCUT2D eigenvalue weighted by atomic mass is 9.84. The van der Waals surface area contributed by atoms with Crippen LogP contribution in [0.5, 0.6) is 0 Å². The summed E-state index contributed by atoms with van der Waals surface area (Å²) in [5, 5.41) is 6.45. The number of carbonyl (C=O) groups is 1. The van der Waals surface area contributed by atoms with Crippen LogP contribution in [-0.2, 0) is 9.53 Å². The van der Waals surface area contributed by atoms with Crippen LogP contribution in [0.3, 0.4) is 0 Å². The molecule has 1 aliphatic heterocycles. The van der Waals surface area contributed by atoms with E-state index in [2.05, 4.69) is 17.6 Å². The maximum absolute atomic E-state index is 12.2. The SMILES string of the molecule is CCCOC1(CNC(=O)C2CCCCN2)CCCCC1.Cl. The second kappa shape index (κ2) is 9.65. The lowest BCUT2D eigenvalue weighted by Gasteiger charge is -2.38. The highest BCUT2D eigenvalue weighted by molar-refractivity contribution is 5.85. The zero-order valence-corrected chi connectivity index (χ0v) is 14.1. The van der Waals surface area contributed by atoms with E-state index in [1.807, 2.05) is 0 Å². The molecule has 2 fully saturated rings. The summed E-state index contributed by atoms with van der Waals surface area (Å²) in [5.41, 5.74) is -0.0986. The number of amides is 1. The van der Waals surface area contributed by atoms with E-state index < -0.39 is 0 Å². The summed E-state index contributed by atoms with van der Waals surface area (Å²) in [5.74, 6) is 0.162. The van der Waals surface area contributed by atoms with Gasteiger partial charge in [0.15, 0.2) is 0 Å². The summed E-state index contributed by atoms with van der Waals surface area (Å²) in [7, 11) is 0. The quantitative estimate of drug-likeness (QED) is 0.792. The van der Waals surface area contributed by atoms with Gasteiger partial charge in [-0.1, -0.05) is 32.6 Å². The first kappa shape index (κ1) is 18.7. The molecule has 0 spiro atoms. The molecular weight excluding hydrogens is 288 g/mol. The molecule has 0 radical (unpaired) electrons. The van der Waals surface area contributed by atoms with Crippen LogP contribution in [0.2, 0.25) is 0 Å². The molecule has 1 saturated heterocycles. The standard InChI is InChI=1S/C16H30N2O2.ClH/c1-2-12-20-16(9-5-3-6-10-16)13-18-15(19)14-8-4-7-11-17-14;/h14,17H,2-13H2,1H3,(H,18,19);1H. The fourth-order valence-electron chi connectivity index (χ4n) is 3.33. The van der Waals surface area contributed by atoms with Crippen LogP contribution in [0.15, 0.2) is 0 Å². The second-order valence-corrected chi connectivity index (χ2v) is 6.31. The minimum absolute atomic E-state index is 0. The lowest BCUT2D eigenvalue weighted by molar-refractivity contribution is -0.127. The summed E-state index contributed by atoms with van der Waals surface area (Å²) in [6.07, 6.45) is 10.3. The molecule has 21 heavy (non-hydrogen) atoms. The van der Waals surface area contributed by atoms with Crippen molar-refractivity contribution >= 4 is 18.3 Å². The first-order chi connectivity index (χ1) is 9.76. The Kier molecular flexibility index (Phi) is 8.60. The molecule has 2 aliphatic rings. The highest BCUT2D eigenvalue weighted by Crippen LogP contribution is 2.31. The van der Waals surface area contributed by atoms with E-state index in [0.29, 0.717) is 6.54 Å². The summed E-state index contributed by atoms with van der Waals surface area (Å²) in [6.45, 7) is 4.60. The molecule has 0 bridgehead atoms. The Morgan fingerprint density at radius 2 is 2.00 bits per heavy atom. The van der Waals surface area contributed by atoms with Crippen LogP contribution in [-0.4, -0.2) is 37.2 Å². The van der Waals surface area contributed by atoms with Crippen molar-refractivity contribution in [2.45, 2.75) is 76.4 Å². The molecule has 1 aliphatic carbocycles. The molecule has 1 heterocycles. The Balaban J connectivity index is 0.00000220. The van der Waals surface area contributed by atoms with Gasteiger partial charge in [-0.3, -0.25) is 4.79 Å². The molecule has 0 aromatic carbocycles. The Hall–Kier alpha value is -0.320. The Morgan fingerprint density at radius 1 is 1.24 bits per heavy atom. The van der Waals surface area contributed by atoms with E-state index in [1.54, 1.807) is 0 Å². The van der Waals surface area contributed by atoms with E-state index in [-0.39, 0.29) is 30.0 Å². The average Bonchev–Trinajstić information content (AvgIpc) is 2.52. The molecule has 2 rings (SSSR count). The van der Waals surface area contributed by atoms with Crippen LogP contribution in [0.4, 0.5) is 0 Å². The third kappa shape index (κ3) is 5.76. The van der Waals surface area contributed by atoms with Crippen LogP contribution < -0.4 is 10.6 Å². The Bertz CT molecular complexity index is 301. The molecule has 2 N–H and O–H groups in total. The van der Waals surface area contributed by atoms with Gasteiger partial charge in [0, 0.05) is 13.2 Å². The number of hydrogen-bond acceptors (Lipinski definition) is 3. The van der Waals surface area contributed by atoms with Gasteiger partial charge in [-0.15, -0.1) is 12.4 Å². The topological polar surface area (TPSA) is 50.4 Å². The first-order valence-corrected chi connectivity index (χ1v) is 8.41. The van der Waals surface area contributed by atoms with Gasteiger partial charge in [0.25, 0.3) is 0 Å². The monoisotopic (exact) mass is 318 g/mol. The zero-order chi connectivity index (χ0) is 14.3. The number of rotatable bonds is 6. The average molecular weight is 319 g/mol. The summed E-state index contributed by atoms with van der Waals surface area (Å²) < 4.78 is 6.12. The van der Waals surface area contributed by atoms with Crippen molar-refractivity contribution < 1.29 is 9.53 Å². The van der Waals surface area contributed by atoms with Gasteiger partial charge >= 0.3 is 0 Å². The molecule has 0 aromatic rings. The lowest BCUT2D eigenvalue weighted by Crippen LogP contribution is -2.52. The fraction of sp³-hybridized carbons (Fsp3) is 0.938. The zero-order valence-electron chi connectivity index (χ0n) is 13.3. The fourth-order valence-corrected chi connectivity index (χ4v) is 3.33. The predicted octanol–water partition coefficient (Wildman–Crippen LogP) is 2.80. The molecule has 4 nitrogen and oxygen atoms in total. The second-order valence-electron chi connectivity index (χ2n) is 6.31. The highest BCUT2D eigenvalue weighted by Gasteiger charge is 2.34. The van der Waals surface area contributed by atoms with E-state index in [9.17, 15) is 4.79 Å². The van der Waals surface area contributed by atoms with Crippen molar-refractivity contribution in [3.8, 4) is 0 Å². The van der Waals surface area contributed by atoms with Crippen LogP contribution in [0.1, 0.15) is 64.7 Å². The molecule has 1 atom stereocenters. The maximum atomic E-state index is 12.2. The Labute approximate surface area is 135 Å². The Morgan fingerprint density at radius 3 is 2.62 bits per heavy atom. The van der Waals surface area contributed by atoms with Crippen molar-refractivity contribution in [3.05, 3.63) is 0 Å². The molecule has 124 valence electrons. The van der Waals surface area contributed by atoms with Gasteiger partial charge < -0.3 is 15.4 Å². The highest BCUT2D eigenvalue weighted by atomic mass is 35.5. The molecule has 1 saturated carbocycles. The predicted molar refractivity (Wildman–Crippen MR) is 88.0 cm³/mol. The van der Waals surface area contributed by atoms with Crippen LogP contribution >= 0.6 is 12.4 Å². The number of piperidine rings is 1. The third-order valence-corrected chi connectivity index (χ3v) is 4.59. The van der Waals surface area contributed by atoms with Gasteiger partial charge in [0.05, 0.1) is 11.6 Å². The van der Waals surface area contributed by atoms with Crippen molar-refractivity contribution in [2.75, 3.05) is 19.7 Å². The normalized spacial score (nSPS) is 24.9. The van der Waals surface area contributed by atoms with Crippen molar-refractivity contribution in [2.24, 2.45) is 0 Å². The first-order valence-electron chi connectivity index (χ1n) is 8.41. The van der Waals surface area contributed by atoms with Gasteiger partial charge in [0.2, 0.25) is 5.91 Å². The minimum Gasteiger partial charge on any atom is -0.373 e. The van der Waals surface area contributed by atoms with E-state index in [0.717, 1.165) is 45.3 Å². The van der Waals surface area contributed by atoms with E-state index >= 15 is 0 Å². The minimum atomic E-state index is -0.0986. The number of carbonyl (C=O) groups excluding carboxylic acids is 1. The number of ether oxygens (including phenoxy) is 1. The van der Waals surface area contributed by atoms with Crippen molar-refractivity contribution in [1.82, 2.24) is 10.6 Å². The number of hydrogen-bond donors (Lipinski definition) is 2. The number of nitrogens with one attached hydrogen (secondary N) is 2. The maximum Gasteiger partial charge on any atom is 0.237 e. The van der Waals surface area contributed by atoms with Crippen molar-refractivity contribution in [1.29, 1.82) is 0 Å². The molecule has 1 amide bonds. The van der Waals surface area contributed by atoms with Gasteiger partial charge in [-0.2, -0.15) is 0 Å². The summed E-state index contributed by atoms with van der Waals surface area (Å²) in [4.78, 5) is 12.2. The summed E-state index contributed by atoms with van der Waals surface area (Å²) >= 11 is 0. The van der Waals surface area contributed by atoms with Gasteiger partial charge in [-0.05, 0) is 38.6 Å². The molecule has 1 unspecified atom stereocenters. The molecule has 5 heteroatoms. The number of halogens is 1. The van der Waals surface area contributed by atoms with Gasteiger partial charge in [-0.25, -0.2) is 0 Å². The van der Waals surface area contributed by atoms with Crippen molar-refractivity contribution in [3.63, 3.8) is 0 Å². The molecule has 0 aromatic heterocycles. The third-order valence-electron chi connectivity index (χ3n) is 4.59. The smallest absolute Gasteiger partial charge is 0.237 e. The summed E-state index contributed by atoms with van der Waals surface area (Å²) in [6, 6.07) is 0.00978. The largest absolute Gasteiger partial charge is 0.373 e. The van der Waals surface area contributed by atoms with E-state index in [1.165, 1.54) is 25.7 Å². The van der Waals surface area contributed by atoms with Gasteiger partial charge in [0.1, 0.15) is 0 Å². The molecular formula is C16H31ClN2O2. The van der Waals surface area contributed by atoms with Crippen LogP contribution in [0.25, 0.3) is 0 Å². The van der Waals surface area contributed by atoms with E-state index in [4.69, 9.17) is 4.74 Å². The van der Waals surface area contributed by atoms with Crippen LogP contribution in [0, 0.1) is 0 Å².